The van der Waals surface area contributed by atoms with Gasteiger partial charge in [-0.05, 0) is 6.92 Å². The summed E-state index contributed by atoms with van der Waals surface area (Å²) in [4.78, 5) is 10.4. The number of carbonyl (C=O) groups excluding carboxylic acids is 1. The van der Waals surface area contributed by atoms with Crippen molar-refractivity contribution in [2.75, 3.05) is 0 Å². The molecular formula is C5H8N2O. The molecule has 2 N–H and O–H groups in total. The summed E-state index contributed by atoms with van der Waals surface area (Å²) < 4.78 is 0. The normalized spacial score (nSPS) is 28.4. The lowest BCUT2D eigenvalue weighted by atomic mass is 10.2. The van der Waals surface area contributed by atoms with Crippen LogP contribution in [0, 0.1) is 5.41 Å². The minimum absolute atomic E-state index is 0.0255. The van der Waals surface area contributed by atoms with Crippen LogP contribution < -0.4 is 5.32 Å². The highest BCUT2D eigenvalue weighted by Gasteiger charge is 2.21. The first kappa shape index (κ1) is 5.28. The molecule has 0 aromatic carbocycles. The third-order valence-electron chi connectivity index (χ3n) is 1.25. The number of rotatable bonds is 0. The Labute approximate surface area is 47.6 Å². The van der Waals surface area contributed by atoms with Gasteiger partial charge < -0.3 is 10.7 Å². The third-order valence-corrected chi connectivity index (χ3v) is 1.25. The van der Waals surface area contributed by atoms with Gasteiger partial charge in [-0.15, -0.1) is 0 Å². The van der Waals surface area contributed by atoms with E-state index in [4.69, 9.17) is 5.41 Å². The largest absolute Gasteiger partial charge is 0.348 e. The molecule has 0 aliphatic carbocycles. The molecule has 0 spiro atoms. The van der Waals surface area contributed by atoms with Crippen LogP contribution in [-0.2, 0) is 4.79 Å². The number of nitrogens with one attached hydrogen (secondary N) is 2. The maximum Gasteiger partial charge on any atom is 0.226 e. The zero-order chi connectivity index (χ0) is 6.15. The molecule has 3 heteroatoms. The van der Waals surface area contributed by atoms with Crippen molar-refractivity contribution in [2.24, 2.45) is 0 Å². The fraction of sp³-hybridized carbons (Fsp3) is 0.600. The van der Waals surface area contributed by atoms with E-state index in [1.165, 1.54) is 0 Å². The summed E-state index contributed by atoms with van der Waals surface area (Å²) in [5, 5.41) is 9.70. The Balaban J connectivity index is 2.64. The number of hydrogen-bond acceptors (Lipinski definition) is 2. The summed E-state index contributed by atoms with van der Waals surface area (Å²) in [6.45, 7) is 1.81. The van der Waals surface area contributed by atoms with Crippen molar-refractivity contribution in [3.05, 3.63) is 0 Å². The van der Waals surface area contributed by atoms with Gasteiger partial charge in [0.2, 0.25) is 5.91 Å². The van der Waals surface area contributed by atoms with Crippen LogP contribution in [0.2, 0.25) is 0 Å². The Bertz CT molecular complexity index is 141. The van der Waals surface area contributed by atoms with Gasteiger partial charge in [-0.1, -0.05) is 0 Å². The van der Waals surface area contributed by atoms with E-state index in [0.717, 1.165) is 0 Å². The number of carbonyl (C=O) groups is 1. The monoisotopic (exact) mass is 112 g/mol. The standard InChI is InChI=1S/C5H8N2O/c1-3-4(6)2-5(8)7-3/h3,6H,2H2,1H3,(H,7,8). The lowest BCUT2D eigenvalue weighted by Crippen LogP contribution is -2.24. The average molecular weight is 112 g/mol. The summed E-state index contributed by atoms with van der Waals surface area (Å²) in [5.41, 5.74) is 0.495. The van der Waals surface area contributed by atoms with E-state index < -0.39 is 0 Å². The van der Waals surface area contributed by atoms with Crippen LogP contribution in [-0.4, -0.2) is 17.7 Å². The quantitative estimate of drug-likeness (QED) is 0.452. The molecule has 1 amide bonds. The van der Waals surface area contributed by atoms with Crippen LogP contribution in [0.1, 0.15) is 13.3 Å². The average Bonchev–Trinajstić information content (AvgIpc) is 1.85. The van der Waals surface area contributed by atoms with E-state index in [1.807, 2.05) is 6.92 Å². The Morgan fingerprint density at radius 3 is 2.62 bits per heavy atom. The summed E-state index contributed by atoms with van der Waals surface area (Å²) in [6.07, 6.45) is 0.293. The van der Waals surface area contributed by atoms with Crippen LogP contribution in [0.3, 0.4) is 0 Å². The molecule has 0 aromatic heterocycles. The Kier molecular flexibility index (Phi) is 1.04. The SMILES string of the molecule is CC1NC(=O)CC1=N. The molecule has 1 unspecified atom stereocenters. The number of hydrogen-bond donors (Lipinski definition) is 2. The lowest BCUT2D eigenvalue weighted by molar-refractivity contribution is -0.119. The summed E-state index contributed by atoms with van der Waals surface area (Å²) in [6, 6.07) is -0.0255. The van der Waals surface area contributed by atoms with E-state index in [1.54, 1.807) is 0 Å². The van der Waals surface area contributed by atoms with Gasteiger partial charge in [-0.3, -0.25) is 4.79 Å². The first-order chi connectivity index (χ1) is 3.70. The molecular weight excluding hydrogens is 104 g/mol. The molecule has 8 heavy (non-hydrogen) atoms. The molecule has 1 heterocycles. The van der Waals surface area contributed by atoms with Crippen molar-refractivity contribution >= 4 is 11.6 Å². The maximum absolute atomic E-state index is 10.4. The first-order valence-electron chi connectivity index (χ1n) is 2.57. The molecule has 0 radical (unpaired) electrons. The molecule has 1 rings (SSSR count). The molecule has 0 bridgehead atoms. The minimum atomic E-state index is -0.0255. The van der Waals surface area contributed by atoms with Gasteiger partial charge in [0.05, 0.1) is 12.5 Å². The lowest BCUT2D eigenvalue weighted by Gasteiger charge is -1.97. The Morgan fingerprint density at radius 1 is 1.88 bits per heavy atom. The van der Waals surface area contributed by atoms with Crippen LogP contribution in [0.15, 0.2) is 0 Å². The second-order valence-corrected chi connectivity index (χ2v) is 1.99. The molecule has 44 valence electrons. The summed E-state index contributed by atoms with van der Waals surface area (Å²) in [5.74, 6) is -0.0255. The highest BCUT2D eigenvalue weighted by molar-refractivity contribution is 6.08. The predicted octanol–water partition coefficient (Wildman–Crippen LogP) is -0.0854. The predicted molar refractivity (Wildman–Crippen MR) is 29.9 cm³/mol. The van der Waals surface area contributed by atoms with Crippen LogP contribution in [0.25, 0.3) is 0 Å². The molecule has 1 atom stereocenters. The fourth-order valence-corrected chi connectivity index (χ4v) is 0.706. The second-order valence-electron chi connectivity index (χ2n) is 1.99. The molecule has 0 saturated carbocycles. The van der Waals surface area contributed by atoms with Gasteiger partial charge in [-0.25, -0.2) is 0 Å². The van der Waals surface area contributed by atoms with Gasteiger partial charge in [0.1, 0.15) is 0 Å². The van der Waals surface area contributed by atoms with Crippen molar-refractivity contribution in [1.29, 1.82) is 5.41 Å². The van der Waals surface area contributed by atoms with Crippen LogP contribution >= 0.6 is 0 Å². The van der Waals surface area contributed by atoms with Crippen LogP contribution in [0.5, 0.6) is 0 Å². The number of amides is 1. The zero-order valence-electron chi connectivity index (χ0n) is 4.69. The zero-order valence-corrected chi connectivity index (χ0v) is 4.69. The highest BCUT2D eigenvalue weighted by Crippen LogP contribution is 1.99. The van der Waals surface area contributed by atoms with E-state index in [0.29, 0.717) is 12.1 Å². The van der Waals surface area contributed by atoms with Crippen molar-refractivity contribution in [3.63, 3.8) is 0 Å². The minimum Gasteiger partial charge on any atom is -0.348 e. The molecule has 1 aliphatic heterocycles. The van der Waals surface area contributed by atoms with E-state index in [-0.39, 0.29) is 11.9 Å². The van der Waals surface area contributed by atoms with Crippen molar-refractivity contribution in [2.45, 2.75) is 19.4 Å². The topological polar surface area (TPSA) is 53.0 Å². The summed E-state index contributed by atoms with van der Waals surface area (Å²) >= 11 is 0. The Morgan fingerprint density at radius 2 is 2.50 bits per heavy atom. The molecule has 1 fully saturated rings. The van der Waals surface area contributed by atoms with Gasteiger partial charge in [0.15, 0.2) is 0 Å². The summed E-state index contributed by atoms with van der Waals surface area (Å²) in [7, 11) is 0. The van der Waals surface area contributed by atoms with Crippen molar-refractivity contribution in [3.8, 4) is 0 Å². The Hall–Kier alpha value is -0.860. The molecule has 3 nitrogen and oxygen atoms in total. The van der Waals surface area contributed by atoms with E-state index >= 15 is 0 Å². The highest BCUT2D eigenvalue weighted by atomic mass is 16.1. The molecule has 0 aromatic rings. The van der Waals surface area contributed by atoms with Gasteiger partial charge in [-0.2, -0.15) is 0 Å². The third kappa shape index (κ3) is 0.710. The van der Waals surface area contributed by atoms with Gasteiger partial charge >= 0.3 is 0 Å². The maximum atomic E-state index is 10.4. The fourth-order valence-electron chi connectivity index (χ4n) is 0.706. The second kappa shape index (κ2) is 1.58. The molecule has 1 saturated heterocycles. The molecule has 1 aliphatic rings. The van der Waals surface area contributed by atoms with Crippen molar-refractivity contribution < 1.29 is 4.79 Å². The van der Waals surface area contributed by atoms with E-state index in [2.05, 4.69) is 5.32 Å². The van der Waals surface area contributed by atoms with Gasteiger partial charge in [0.25, 0.3) is 0 Å². The smallest absolute Gasteiger partial charge is 0.226 e. The first-order valence-corrected chi connectivity index (χ1v) is 2.57. The van der Waals surface area contributed by atoms with E-state index in [9.17, 15) is 4.79 Å². The van der Waals surface area contributed by atoms with Gasteiger partial charge in [0, 0.05) is 5.71 Å². The van der Waals surface area contributed by atoms with Crippen LogP contribution in [0.4, 0.5) is 0 Å². The van der Waals surface area contributed by atoms with Crippen molar-refractivity contribution in [1.82, 2.24) is 5.32 Å².